The van der Waals surface area contributed by atoms with Crippen molar-refractivity contribution in [3.05, 3.63) is 35.5 Å². The zero-order chi connectivity index (χ0) is 21.1. The quantitative estimate of drug-likeness (QED) is 0.474. The fourth-order valence-corrected chi connectivity index (χ4v) is 1.40. The number of rotatable bonds is 8. The summed E-state index contributed by atoms with van der Waals surface area (Å²) in [5.41, 5.74) is 1.98. The first-order chi connectivity index (χ1) is 12.0. The second kappa shape index (κ2) is 18.4. The number of carboxylic acid groups (broad SMARTS) is 4. The third-order valence-electron chi connectivity index (χ3n) is 2.84. The molecule has 26 heavy (non-hydrogen) atoms. The molecular formula is C18H28O8. The molecule has 0 amide bonds. The summed E-state index contributed by atoms with van der Waals surface area (Å²) in [6.45, 7) is 7.83. The summed E-state index contributed by atoms with van der Waals surface area (Å²) in [4.78, 5) is 39.2. The van der Waals surface area contributed by atoms with Gasteiger partial charge in [-0.1, -0.05) is 38.8 Å². The molecule has 0 atom stereocenters. The summed E-state index contributed by atoms with van der Waals surface area (Å²) in [5.74, 6) is -4.19. The first-order valence-corrected chi connectivity index (χ1v) is 8.02. The van der Waals surface area contributed by atoms with Gasteiger partial charge in [0.1, 0.15) is 0 Å². The maximum absolute atomic E-state index is 10.1. The number of allylic oxidation sites excluding steroid dienone is 2. The van der Waals surface area contributed by atoms with Gasteiger partial charge in [0.25, 0.3) is 0 Å². The van der Waals surface area contributed by atoms with Gasteiger partial charge in [0, 0.05) is 24.3 Å². The second-order valence-electron chi connectivity index (χ2n) is 4.71. The van der Waals surface area contributed by atoms with E-state index in [1.165, 1.54) is 12.2 Å². The fraction of sp³-hybridized carbons (Fsp3) is 0.444. The molecule has 0 aromatic carbocycles. The highest BCUT2D eigenvalue weighted by atomic mass is 16.4. The summed E-state index contributed by atoms with van der Waals surface area (Å²) >= 11 is 0. The SMILES string of the molecule is CCC(=CC(=O)O)CC.CCC(=CC(=O)O)CC.O=C(O)C=CC(=O)O. The van der Waals surface area contributed by atoms with E-state index in [1.807, 2.05) is 27.7 Å². The lowest BCUT2D eigenvalue weighted by atomic mass is 10.1. The van der Waals surface area contributed by atoms with Crippen molar-refractivity contribution in [1.29, 1.82) is 0 Å². The van der Waals surface area contributed by atoms with Crippen LogP contribution in [0.15, 0.2) is 35.5 Å². The number of carbonyl (C=O) groups is 4. The molecule has 4 N–H and O–H groups in total. The molecule has 0 saturated carbocycles. The Kier molecular flexibility index (Phi) is 19.8. The van der Waals surface area contributed by atoms with Crippen LogP contribution in [0.3, 0.4) is 0 Å². The summed E-state index contributed by atoms with van der Waals surface area (Å²) in [5, 5.41) is 32.2. The van der Waals surface area contributed by atoms with E-state index in [-0.39, 0.29) is 0 Å². The molecule has 0 saturated heterocycles. The van der Waals surface area contributed by atoms with Gasteiger partial charge in [-0.25, -0.2) is 19.2 Å². The Hall–Kier alpha value is -2.90. The molecule has 0 aromatic rings. The van der Waals surface area contributed by atoms with Crippen LogP contribution < -0.4 is 0 Å². The Morgan fingerprint density at radius 1 is 0.538 bits per heavy atom. The predicted molar refractivity (Wildman–Crippen MR) is 97.0 cm³/mol. The molecule has 0 aliphatic heterocycles. The largest absolute Gasteiger partial charge is 0.478 e. The van der Waals surface area contributed by atoms with Crippen LogP contribution in [-0.2, 0) is 19.2 Å². The van der Waals surface area contributed by atoms with E-state index in [4.69, 9.17) is 20.4 Å². The lowest BCUT2D eigenvalue weighted by molar-refractivity contribution is -0.134. The number of hydrogen-bond acceptors (Lipinski definition) is 4. The molecule has 0 aliphatic rings. The minimum atomic E-state index is -1.26. The van der Waals surface area contributed by atoms with Gasteiger partial charge in [-0.3, -0.25) is 0 Å². The van der Waals surface area contributed by atoms with Gasteiger partial charge in [-0.2, -0.15) is 0 Å². The van der Waals surface area contributed by atoms with Crippen molar-refractivity contribution in [3.8, 4) is 0 Å². The first-order valence-electron chi connectivity index (χ1n) is 8.02. The van der Waals surface area contributed by atoms with Crippen molar-refractivity contribution in [2.24, 2.45) is 0 Å². The third-order valence-corrected chi connectivity index (χ3v) is 2.84. The third kappa shape index (κ3) is 26.0. The maximum atomic E-state index is 10.1. The van der Waals surface area contributed by atoms with Crippen LogP contribution in [-0.4, -0.2) is 44.3 Å². The van der Waals surface area contributed by atoms with Gasteiger partial charge >= 0.3 is 23.9 Å². The highest BCUT2D eigenvalue weighted by Gasteiger charge is 1.93. The predicted octanol–water partition coefficient (Wildman–Crippen LogP) is 3.35. The van der Waals surface area contributed by atoms with E-state index in [1.54, 1.807) is 0 Å². The van der Waals surface area contributed by atoms with Crippen molar-refractivity contribution in [1.82, 2.24) is 0 Å². The molecule has 0 radical (unpaired) electrons. The average Bonchev–Trinajstić information content (AvgIpc) is 2.56. The van der Waals surface area contributed by atoms with Gasteiger partial charge in [0.05, 0.1) is 0 Å². The summed E-state index contributed by atoms with van der Waals surface area (Å²) in [6, 6.07) is 0. The summed E-state index contributed by atoms with van der Waals surface area (Å²) in [6.07, 6.45) is 7.02. The zero-order valence-electron chi connectivity index (χ0n) is 15.6. The summed E-state index contributed by atoms with van der Waals surface area (Å²) in [7, 11) is 0. The molecule has 0 spiro atoms. The molecule has 8 nitrogen and oxygen atoms in total. The minimum Gasteiger partial charge on any atom is -0.478 e. The maximum Gasteiger partial charge on any atom is 0.328 e. The Morgan fingerprint density at radius 2 is 0.769 bits per heavy atom. The Morgan fingerprint density at radius 3 is 0.846 bits per heavy atom. The van der Waals surface area contributed by atoms with Crippen molar-refractivity contribution in [2.45, 2.75) is 53.4 Å². The molecule has 0 unspecified atom stereocenters. The van der Waals surface area contributed by atoms with Gasteiger partial charge < -0.3 is 20.4 Å². The van der Waals surface area contributed by atoms with Crippen molar-refractivity contribution in [3.63, 3.8) is 0 Å². The average molecular weight is 372 g/mol. The molecule has 0 bridgehead atoms. The van der Waals surface area contributed by atoms with Crippen LogP contribution in [0, 0.1) is 0 Å². The lowest BCUT2D eigenvalue weighted by Gasteiger charge is -1.94. The van der Waals surface area contributed by atoms with Crippen molar-refractivity contribution in [2.75, 3.05) is 0 Å². The van der Waals surface area contributed by atoms with Crippen molar-refractivity contribution >= 4 is 23.9 Å². The highest BCUT2D eigenvalue weighted by molar-refractivity contribution is 5.89. The normalized spacial score (nSPS) is 8.92. The minimum absolute atomic E-state index is 0.558. The van der Waals surface area contributed by atoms with Crippen LogP contribution in [0.1, 0.15) is 53.4 Å². The van der Waals surface area contributed by atoms with E-state index in [9.17, 15) is 19.2 Å². The van der Waals surface area contributed by atoms with Crippen LogP contribution in [0.2, 0.25) is 0 Å². The first kappa shape index (κ1) is 27.9. The number of aliphatic carboxylic acids is 4. The van der Waals surface area contributed by atoms with Crippen LogP contribution in [0.4, 0.5) is 0 Å². The van der Waals surface area contributed by atoms with Gasteiger partial charge in [0.15, 0.2) is 0 Å². The molecule has 0 rings (SSSR count). The Labute approximate surface area is 153 Å². The molecule has 8 heteroatoms. The van der Waals surface area contributed by atoms with E-state index in [0.717, 1.165) is 36.8 Å². The number of carboxylic acids is 4. The molecule has 0 aromatic heterocycles. The topological polar surface area (TPSA) is 149 Å². The van der Waals surface area contributed by atoms with Crippen LogP contribution in [0.5, 0.6) is 0 Å². The van der Waals surface area contributed by atoms with Gasteiger partial charge in [-0.05, 0) is 25.7 Å². The number of hydrogen-bond donors (Lipinski definition) is 4. The molecule has 0 heterocycles. The standard InChI is InChI=1S/2C7H12O2.C4H4O4/c2*1-3-6(4-2)5-7(8)9;5-3(6)1-2-4(7)8/h2*5H,3-4H2,1-2H3,(H,8,9);1-2H,(H,5,6)(H,7,8). The molecule has 148 valence electrons. The van der Waals surface area contributed by atoms with E-state index >= 15 is 0 Å². The fourth-order valence-electron chi connectivity index (χ4n) is 1.40. The molecule has 0 fully saturated rings. The molecule has 0 aliphatic carbocycles. The van der Waals surface area contributed by atoms with Gasteiger partial charge in [0.2, 0.25) is 0 Å². The van der Waals surface area contributed by atoms with E-state index in [0.29, 0.717) is 12.2 Å². The Balaban J connectivity index is -0.000000306. The van der Waals surface area contributed by atoms with Crippen LogP contribution >= 0.6 is 0 Å². The summed E-state index contributed by atoms with van der Waals surface area (Å²) < 4.78 is 0. The zero-order valence-corrected chi connectivity index (χ0v) is 15.6. The van der Waals surface area contributed by atoms with E-state index in [2.05, 4.69) is 0 Å². The highest BCUT2D eigenvalue weighted by Crippen LogP contribution is 2.04. The van der Waals surface area contributed by atoms with Crippen molar-refractivity contribution < 1.29 is 39.6 Å². The smallest absolute Gasteiger partial charge is 0.328 e. The lowest BCUT2D eigenvalue weighted by Crippen LogP contribution is -1.91. The second-order valence-corrected chi connectivity index (χ2v) is 4.71. The Bertz CT molecular complexity index is 481. The van der Waals surface area contributed by atoms with E-state index < -0.39 is 23.9 Å². The van der Waals surface area contributed by atoms with Crippen LogP contribution in [0.25, 0.3) is 0 Å². The molecular weight excluding hydrogens is 344 g/mol. The van der Waals surface area contributed by atoms with Gasteiger partial charge in [-0.15, -0.1) is 0 Å². The monoisotopic (exact) mass is 372 g/mol.